The minimum absolute atomic E-state index is 0.0171. The summed E-state index contributed by atoms with van der Waals surface area (Å²) in [5.74, 6) is -0.748. The van der Waals surface area contributed by atoms with Crippen LogP contribution >= 0.6 is 0 Å². The molecular weight excluding hydrogens is 320 g/mol. The number of carbonyl (C=O) groups is 3. The van der Waals surface area contributed by atoms with E-state index in [1.807, 2.05) is 24.3 Å². The highest BCUT2D eigenvalue weighted by Gasteiger charge is 2.25. The van der Waals surface area contributed by atoms with Gasteiger partial charge in [-0.3, -0.25) is 14.4 Å². The van der Waals surface area contributed by atoms with E-state index in [0.29, 0.717) is 12.8 Å². The summed E-state index contributed by atoms with van der Waals surface area (Å²) in [5.41, 5.74) is 7.15. The molecule has 0 aliphatic carbocycles. The number of carbonyl (C=O) groups excluding carboxylic acids is 3. The molecule has 3 amide bonds. The highest BCUT2D eigenvalue weighted by atomic mass is 16.2. The first-order valence-corrected chi connectivity index (χ1v) is 8.72. The first-order valence-electron chi connectivity index (χ1n) is 8.72. The molecule has 0 fully saturated rings. The minimum atomic E-state index is -0.656. The lowest BCUT2D eigenvalue weighted by molar-refractivity contribution is -0.129. The van der Waals surface area contributed by atoms with Gasteiger partial charge in [0.15, 0.2) is 0 Å². The van der Waals surface area contributed by atoms with Gasteiger partial charge < -0.3 is 21.3 Å². The van der Waals surface area contributed by atoms with Crippen LogP contribution in [0, 0.1) is 0 Å². The fourth-order valence-electron chi connectivity index (χ4n) is 2.98. The summed E-state index contributed by atoms with van der Waals surface area (Å²) in [7, 11) is 0. The maximum Gasteiger partial charge on any atom is 0.243 e. The molecule has 25 heavy (non-hydrogen) atoms. The van der Waals surface area contributed by atoms with Crippen LogP contribution in [0.15, 0.2) is 24.3 Å². The molecule has 0 saturated heterocycles. The molecule has 1 aromatic carbocycles. The van der Waals surface area contributed by atoms with Gasteiger partial charge in [-0.2, -0.15) is 0 Å². The number of aryl methyl sites for hydroxylation is 1. The average Bonchev–Trinajstić information content (AvgIpc) is 2.60. The van der Waals surface area contributed by atoms with E-state index in [1.165, 1.54) is 4.90 Å². The van der Waals surface area contributed by atoms with Crippen molar-refractivity contribution in [1.29, 1.82) is 0 Å². The van der Waals surface area contributed by atoms with Crippen molar-refractivity contribution in [3.05, 3.63) is 29.8 Å². The summed E-state index contributed by atoms with van der Waals surface area (Å²) < 4.78 is 0. The van der Waals surface area contributed by atoms with Crippen LogP contribution in [-0.4, -0.2) is 37.0 Å². The van der Waals surface area contributed by atoms with Gasteiger partial charge in [0.25, 0.3) is 0 Å². The van der Waals surface area contributed by atoms with Crippen LogP contribution in [-0.2, 0) is 20.8 Å². The molecule has 1 aliphatic rings. The van der Waals surface area contributed by atoms with Gasteiger partial charge in [-0.1, -0.05) is 25.1 Å². The Morgan fingerprint density at radius 3 is 2.68 bits per heavy atom. The Bertz CT molecular complexity index is 633. The molecule has 136 valence electrons. The van der Waals surface area contributed by atoms with Crippen LogP contribution in [0.1, 0.15) is 38.2 Å². The summed E-state index contributed by atoms with van der Waals surface area (Å²) in [6.45, 7) is 1.73. The van der Waals surface area contributed by atoms with Crippen molar-refractivity contribution in [1.82, 2.24) is 10.6 Å². The zero-order valence-corrected chi connectivity index (χ0v) is 14.6. The van der Waals surface area contributed by atoms with E-state index in [0.717, 1.165) is 30.5 Å². The number of nitrogens with two attached hydrogens (primary N) is 1. The van der Waals surface area contributed by atoms with Crippen LogP contribution < -0.4 is 21.3 Å². The van der Waals surface area contributed by atoms with Gasteiger partial charge in [-0.15, -0.1) is 0 Å². The van der Waals surface area contributed by atoms with Crippen molar-refractivity contribution in [3.63, 3.8) is 0 Å². The fraction of sp³-hybridized carbons (Fsp3) is 0.500. The summed E-state index contributed by atoms with van der Waals surface area (Å²) in [6, 6.07) is 7.00. The molecular formula is C18H26N4O3. The predicted molar refractivity (Wildman–Crippen MR) is 95.8 cm³/mol. The molecule has 1 unspecified atom stereocenters. The molecule has 2 rings (SSSR count). The number of hydrogen-bond acceptors (Lipinski definition) is 4. The van der Waals surface area contributed by atoms with Crippen molar-refractivity contribution in [3.8, 4) is 0 Å². The average molecular weight is 346 g/mol. The summed E-state index contributed by atoms with van der Waals surface area (Å²) in [6.07, 6.45) is 3.52. The summed E-state index contributed by atoms with van der Waals surface area (Å²) in [5, 5.41) is 5.18. The number of fused-ring (bicyclic) bond motifs is 1. The quantitative estimate of drug-likeness (QED) is 0.659. The van der Waals surface area contributed by atoms with Crippen LogP contribution in [0.5, 0.6) is 0 Å². The van der Waals surface area contributed by atoms with Crippen LogP contribution in [0.4, 0.5) is 5.69 Å². The normalized spacial score (nSPS) is 15.6. The monoisotopic (exact) mass is 346 g/mol. The van der Waals surface area contributed by atoms with Crippen LogP contribution in [0.3, 0.4) is 0 Å². The van der Waals surface area contributed by atoms with Crippen molar-refractivity contribution < 1.29 is 14.4 Å². The third kappa shape index (κ3) is 5.03. The number of hydrogen-bond donors (Lipinski definition) is 3. The Kier molecular flexibility index (Phi) is 6.94. The van der Waals surface area contributed by atoms with Gasteiger partial charge in [0, 0.05) is 12.1 Å². The van der Waals surface area contributed by atoms with E-state index < -0.39 is 6.04 Å². The molecule has 1 atom stereocenters. The third-order valence-corrected chi connectivity index (χ3v) is 4.31. The van der Waals surface area contributed by atoms with Gasteiger partial charge in [0.1, 0.15) is 12.6 Å². The van der Waals surface area contributed by atoms with Crippen LogP contribution in [0.2, 0.25) is 0 Å². The van der Waals surface area contributed by atoms with E-state index in [9.17, 15) is 14.4 Å². The highest BCUT2D eigenvalue weighted by molar-refractivity contribution is 6.00. The lowest BCUT2D eigenvalue weighted by Crippen LogP contribution is -2.51. The topological polar surface area (TPSA) is 105 Å². The molecule has 0 saturated carbocycles. The number of nitrogens with one attached hydrogen (secondary N) is 2. The molecule has 1 aromatic rings. The first-order chi connectivity index (χ1) is 12.1. The Hall–Kier alpha value is -2.41. The van der Waals surface area contributed by atoms with Gasteiger partial charge in [0.05, 0.1) is 6.67 Å². The molecule has 0 bridgehead atoms. The predicted octanol–water partition coefficient (Wildman–Crippen LogP) is 0.673. The largest absolute Gasteiger partial charge is 0.343 e. The van der Waals surface area contributed by atoms with E-state index >= 15 is 0 Å². The SMILES string of the molecule is CCC(NC(=O)CN1C(=O)CCCCc2ccccc21)C(=O)NCN. The molecule has 7 nitrogen and oxygen atoms in total. The molecule has 1 heterocycles. The van der Waals surface area contributed by atoms with E-state index in [2.05, 4.69) is 10.6 Å². The van der Waals surface area contributed by atoms with Gasteiger partial charge >= 0.3 is 0 Å². The second-order valence-corrected chi connectivity index (χ2v) is 6.09. The zero-order valence-electron chi connectivity index (χ0n) is 14.6. The number of rotatable bonds is 6. The number of anilines is 1. The lowest BCUT2D eigenvalue weighted by Gasteiger charge is -2.27. The minimum Gasteiger partial charge on any atom is -0.343 e. The van der Waals surface area contributed by atoms with E-state index in [4.69, 9.17) is 5.73 Å². The summed E-state index contributed by atoms with van der Waals surface area (Å²) in [4.78, 5) is 38.3. The van der Waals surface area contributed by atoms with E-state index in [1.54, 1.807) is 6.92 Å². The van der Waals surface area contributed by atoms with Crippen LogP contribution in [0.25, 0.3) is 0 Å². The molecule has 7 heteroatoms. The van der Waals surface area contributed by atoms with Gasteiger partial charge in [-0.05, 0) is 37.3 Å². The number of para-hydroxylation sites is 1. The maximum absolute atomic E-state index is 12.5. The van der Waals surface area contributed by atoms with Crippen molar-refractivity contribution in [2.24, 2.45) is 5.73 Å². The summed E-state index contributed by atoms with van der Waals surface area (Å²) >= 11 is 0. The zero-order chi connectivity index (χ0) is 18.2. The Morgan fingerprint density at radius 1 is 1.24 bits per heavy atom. The molecule has 0 aromatic heterocycles. The fourth-order valence-corrected chi connectivity index (χ4v) is 2.98. The second kappa shape index (κ2) is 9.17. The second-order valence-electron chi connectivity index (χ2n) is 6.09. The first kappa shape index (κ1) is 18.9. The van der Waals surface area contributed by atoms with E-state index in [-0.39, 0.29) is 30.9 Å². The van der Waals surface area contributed by atoms with Gasteiger partial charge in [0.2, 0.25) is 17.7 Å². The molecule has 0 radical (unpaired) electrons. The van der Waals surface area contributed by atoms with Crippen molar-refractivity contribution in [2.45, 2.75) is 45.1 Å². The van der Waals surface area contributed by atoms with Gasteiger partial charge in [-0.25, -0.2) is 0 Å². The smallest absolute Gasteiger partial charge is 0.243 e. The number of amides is 3. The Labute approximate surface area is 147 Å². The number of nitrogens with zero attached hydrogens (tertiary/aromatic N) is 1. The molecule has 0 spiro atoms. The maximum atomic E-state index is 12.5. The Balaban J connectivity index is 2.12. The number of benzene rings is 1. The van der Waals surface area contributed by atoms with Crippen molar-refractivity contribution in [2.75, 3.05) is 18.1 Å². The highest BCUT2D eigenvalue weighted by Crippen LogP contribution is 2.26. The standard InChI is InChI=1S/C18H26N4O3/c1-2-14(18(25)20-12-19)21-16(23)11-22-15-9-5-3-7-13(15)8-4-6-10-17(22)24/h3,5,7,9,14H,2,4,6,8,10-12,19H2,1H3,(H,20,25)(H,21,23). The third-order valence-electron chi connectivity index (χ3n) is 4.31. The van der Waals surface area contributed by atoms with Crippen molar-refractivity contribution >= 4 is 23.4 Å². The lowest BCUT2D eigenvalue weighted by atomic mass is 10.0. The Morgan fingerprint density at radius 2 is 1.96 bits per heavy atom. The molecule has 4 N–H and O–H groups in total. The molecule has 1 aliphatic heterocycles.